The number of carbonyl (C=O) groups excluding carboxylic acids is 2. The highest BCUT2D eigenvalue weighted by Gasteiger charge is 2.23. The minimum absolute atomic E-state index is 0.0448. The number of hydrogen-bond donors (Lipinski definition) is 1. The molecular formula is C19H23N3O3. The average Bonchev–Trinajstić information content (AvgIpc) is 3.21. The molecule has 0 radical (unpaired) electrons. The van der Waals surface area contributed by atoms with Gasteiger partial charge in [-0.3, -0.25) is 9.59 Å². The topological polar surface area (TPSA) is 65.8 Å². The zero-order chi connectivity index (χ0) is 17.8. The first kappa shape index (κ1) is 17.1. The molecule has 2 aromatic rings. The lowest BCUT2D eigenvalue weighted by Crippen LogP contribution is -2.32. The minimum atomic E-state index is -0.0448. The standard InChI is InChI=1S/C19H23N3O3/c1-14-9-10-15(25-14)13-21(2)19(24)12-20-16-6-3-4-7-17(16)22-11-5-8-18(22)23/h3-4,6-7,9-10,20H,5,8,11-13H2,1-2H3. The highest BCUT2D eigenvalue weighted by molar-refractivity contribution is 5.98. The summed E-state index contributed by atoms with van der Waals surface area (Å²) in [6.45, 7) is 3.20. The van der Waals surface area contributed by atoms with Crippen molar-refractivity contribution >= 4 is 23.2 Å². The van der Waals surface area contributed by atoms with E-state index in [0.717, 1.165) is 35.9 Å². The molecule has 3 rings (SSSR count). The normalized spacial score (nSPS) is 14.0. The van der Waals surface area contributed by atoms with E-state index in [-0.39, 0.29) is 18.4 Å². The van der Waals surface area contributed by atoms with Crippen LogP contribution in [0.15, 0.2) is 40.8 Å². The predicted molar refractivity (Wildman–Crippen MR) is 96.4 cm³/mol. The maximum absolute atomic E-state index is 12.4. The number of likely N-dealkylation sites (N-methyl/N-ethyl adjacent to an activating group) is 1. The van der Waals surface area contributed by atoms with Crippen molar-refractivity contribution in [2.75, 3.05) is 30.4 Å². The summed E-state index contributed by atoms with van der Waals surface area (Å²) in [6.07, 6.45) is 1.45. The van der Waals surface area contributed by atoms with Gasteiger partial charge < -0.3 is 19.5 Å². The van der Waals surface area contributed by atoms with Crippen molar-refractivity contribution in [3.05, 3.63) is 47.9 Å². The summed E-state index contributed by atoms with van der Waals surface area (Å²) in [4.78, 5) is 27.8. The number of anilines is 2. The van der Waals surface area contributed by atoms with Gasteiger partial charge in [-0.2, -0.15) is 0 Å². The van der Waals surface area contributed by atoms with Gasteiger partial charge in [-0.25, -0.2) is 0 Å². The lowest BCUT2D eigenvalue weighted by atomic mass is 10.2. The van der Waals surface area contributed by atoms with Gasteiger partial charge >= 0.3 is 0 Å². The van der Waals surface area contributed by atoms with E-state index >= 15 is 0 Å². The molecule has 1 fully saturated rings. The van der Waals surface area contributed by atoms with Gasteiger partial charge in [-0.15, -0.1) is 0 Å². The van der Waals surface area contributed by atoms with Crippen LogP contribution in [0.5, 0.6) is 0 Å². The molecule has 0 atom stereocenters. The number of amides is 2. The van der Waals surface area contributed by atoms with Crippen molar-refractivity contribution in [1.29, 1.82) is 0 Å². The summed E-state index contributed by atoms with van der Waals surface area (Å²) >= 11 is 0. The molecule has 1 aromatic heterocycles. The number of aryl methyl sites for hydroxylation is 1. The number of nitrogens with one attached hydrogen (secondary N) is 1. The Morgan fingerprint density at radius 3 is 2.76 bits per heavy atom. The molecule has 1 saturated heterocycles. The van der Waals surface area contributed by atoms with Crippen molar-refractivity contribution < 1.29 is 14.0 Å². The summed E-state index contributed by atoms with van der Waals surface area (Å²) in [5.74, 6) is 1.68. The van der Waals surface area contributed by atoms with Gasteiger partial charge in [0.15, 0.2) is 0 Å². The number of nitrogens with zero attached hydrogens (tertiary/aromatic N) is 2. The van der Waals surface area contributed by atoms with E-state index in [4.69, 9.17) is 4.42 Å². The lowest BCUT2D eigenvalue weighted by Gasteiger charge is -2.21. The van der Waals surface area contributed by atoms with Crippen LogP contribution in [-0.4, -0.2) is 36.9 Å². The van der Waals surface area contributed by atoms with Crippen LogP contribution in [0, 0.1) is 6.92 Å². The van der Waals surface area contributed by atoms with E-state index < -0.39 is 0 Å². The van der Waals surface area contributed by atoms with Crippen LogP contribution in [0.1, 0.15) is 24.4 Å². The third-order valence-corrected chi connectivity index (χ3v) is 4.31. The fourth-order valence-corrected chi connectivity index (χ4v) is 2.96. The first-order chi connectivity index (χ1) is 12.0. The molecule has 6 heteroatoms. The summed E-state index contributed by atoms with van der Waals surface area (Å²) < 4.78 is 5.51. The van der Waals surface area contributed by atoms with Crippen LogP contribution >= 0.6 is 0 Å². The number of furan rings is 1. The van der Waals surface area contributed by atoms with Crippen LogP contribution in [0.25, 0.3) is 0 Å². The smallest absolute Gasteiger partial charge is 0.242 e. The molecule has 1 aliphatic rings. The highest BCUT2D eigenvalue weighted by atomic mass is 16.3. The van der Waals surface area contributed by atoms with Crippen molar-refractivity contribution in [3.63, 3.8) is 0 Å². The first-order valence-electron chi connectivity index (χ1n) is 8.47. The molecule has 1 aromatic carbocycles. The van der Waals surface area contributed by atoms with Crippen LogP contribution in [0.3, 0.4) is 0 Å². The van der Waals surface area contributed by atoms with Gasteiger partial charge in [-0.1, -0.05) is 12.1 Å². The predicted octanol–water partition coefficient (Wildman–Crippen LogP) is 2.79. The molecule has 0 unspecified atom stereocenters. The van der Waals surface area contributed by atoms with Gasteiger partial charge in [0.1, 0.15) is 11.5 Å². The fourth-order valence-electron chi connectivity index (χ4n) is 2.96. The molecule has 0 aliphatic carbocycles. The number of carbonyl (C=O) groups is 2. The van der Waals surface area contributed by atoms with Gasteiger partial charge in [0.05, 0.1) is 24.5 Å². The molecular weight excluding hydrogens is 318 g/mol. The quantitative estimate of drug-likeness (QED) is 0.877. The second kappa shape index (κ2) is 7.42. The van der Waals surface area contributed by atoms with E-state index in [1.54, 1.807) is 16.8 Å². The van der Waals surface area contributed by atoms with Gasteiger partial charge in [-0.05, 0) is 37.6 Å². The first-order valence-corrected chi connectivity index (χ1v) is 8.47. The van der Waals surface area contributed by atoms with Crippen LogP contribution < -0.4 is 10.2 Å². The van der Waals surface area contributed by atoms with Gasteiger partial charge in [0.2, 0.25) is 11.8 Å². The van der Waals surface area contributed by atoms with E-state index in [1.165, 1.54) is 0 Å². The van der Waals surface area contributed by atoms with Crippen molar-refractivity contribution in [2.24, 2.45) is 0 Å². The molecule has 0 spiro atoms. The van der Waals surface area contributed by atoms with Crippen LogP contribution in [0.4, 0.5) is 11.4 Å². The molecule has 6 nitrogen and oxygen atoms in total. The SMILES string of the molecule is Cc1ccc(CN(C)C(=O)CNc2ccccc2N2CCCC2=O)o1. The summed E-state index contributed by atoms with van der Waals surface area (Å²) in [5.41, 5.74) is 1.63. The maximum Gasteiger partial charge on any atom is 0.242 e. The Balaban J connectivity index is 1.61. The fraction of sp³-hybridized carbons (Fsp3) is 0.368. The number of hydrogen-bond acceptors (Lipinski definition) is 4. The largest absolute Gasteiger partial charge is 0.464 e. The van der Waals surface area contributed by atoms with E-state index in [9.17, 15) is 9.59 Å². The highest BCUT2D eigenvalue weighted by Crippen LogP contribution is 2.29. The Hall–Kier alpha value is -2.76. The Morgan fingerprint density at radius 2 is 2.08 bits per heavy atom. The van der Waals surface area contributed by atoms with Gasteiger partial charge in [0, 0.05) is 20.0 Å². The number of para-hydroxylation sites is 2. The molecule has 2 heterocycles. The van der Waals surface area contributed by atoms with Crippen molar-refractivity contribution in [2.45, 2.75) is 26.3 Å². The van der Waals surface area contributed by atoms with E-state index in [0.29, 0.717) is 13.0 Å². The third-order valence-electron chi connectivity index (χ3n) is 4.31. The lowest BCUT2D eigenvalue weighted by molar-refractivity contribution is -0.128. The molecule has 0 saturated carbocycles. The molecule has 2 amide bonds. The van der Waals surface area contributed by atoms with Crippen molar-refractivity contribution in [1.82, 2.24) is 4.90 Å². The second-order valence-corrected chi connectivity index (χ2v) is 6.28. The maximum atomic E-state index is 12.4. The second-order valence-electron chi connectivity index (χ2n) is 6.28. The Labute approximate surface area is 147 Å². The Kier molecular flexibility index (Phi) is 5.07. The summed E-state index contributed by atoms with van der Waals surface area (Å²) in [7, 11) is 1.75. The van der Waals surface area contributed by atoms with E-state index in [1.807, 2.05) is 43.3 Å². The molecule has 1 aliphatic heterocycles. The van der Waals surface area contributed by atoms with Crippen molar-refractivity contribution in [3.8, 4) is 0 Å². The van der Waals surface area contributed by atoms with E-state index in [2.05, 4.69) is 5.32 Å². The molecule has 0 bridgehead atoms. The van der Waals surface area contributed by atoms with Crippen LogP contribution in [0.2, 0.25) is 0 Å². The monoisotopic (exact) mass is 341 g/mol. The molecule has 25 heavy (non-hydrogen) atoms. The molecule has 1 N–H and O–H groups in total. The summed E-state index contributed by atoms with van der Waals surface area (Å²) in [6, 6.07) is 11.4. The minimum Gasteiger partial charge on any atom is -0.464 e. The zero-order valence-electron chi connectivity index (χ0n) is 14.6. The number of rotatable bonds is 6. The summed E-state index contributed by atoms with van der Waals surface area (Å²) in [5, 5.41) is 3.17. The zero-order valence-corrected chi connectivity index (χ0v) is 14.6. The molecule has 132 valence electrons. The number of benzene rings is 1. The third kappa shape index (κ3) is 4.02. The average molecular weight is 341 g/mol. The van der Waals surface area contributed by atoms with Gasteiger partial charge in [0.25, 0.3) is 0 Å². The van der Waals surface area contributed by atoms with Crippen LogP contribution in [-0.2, 0) is 16.1 Å². The Bertz CT molecular complexity index is 769. The Morgan fingerprint density at radius 1 is 1.28 bits per heavy atom.